The predicted molar refractivity (Wildman–Crippen MR) is 90.6 cm³/mol. The van der Waals surface area contributed by atoms with Crippen molar-refractivity contribution in [1.82, 2.24) is 29.8 Å². The van der Waals surface area contributed by atoms with Crippen molar-refractivity contribution in [2.45, 2.75) is 25.4 Å². The van der Waals surface area contributed by atoms with Crippen LogP contribution in [0.5, 0.6) is 0 Å². The molecule has 0 bridgehead atoms. The van der Waals surface area contributed by atoms with Crippen LogP contribution in [0.1, 0.15) is 18.7 Å². The molecule has 0 saturated carbocycles. The average Bonchev–Trinajstić information content (AvgIpc) is 3.24. The van der Waals surface area contributed by atoms with E-state index in [0.29, 0.717) is 24.3 Å². The molecule has 0 aromatic carbocycles. The number of hydrogen-bond acceptors (Lipinski definition) is 6. The fourth-order valence-corrected chi connectivity index (χ4v) is 3.52. The van der Waals surface area contributed by atoms with Gasteiger partial charge in [-0.15, -0.1) is 0 Å². The Morgan fingerprint density at radius 3 is 2.76 bits per heavy atom. The normalized spacial score (nSPS) is 19.8. The van der Waals surface area contributed by atoms with Gasteiger partial charge in [-0.25, -0.2) is 4.79 Å². The lowest BCUT2D eigenvalue weighted by Gasteiger charge is -2.35. The largest absolute Gasteiger partial charge is 0.338 e. The highest BCUT2D eigenvalue weighted by atomic mass is 16.5. The summed E-state index contributed by atoms with van der Waals surface area (Å²) < 4.78 is 5.38. The van der Waals surface area contributed by atoms with Crippen molar-refractivity contribution in [3.63, 3.8) is 0 Å². The summed E-state index contributed by atoms with van der Waals surface area (Å²) in [5.74, 6) is 1.19. The van der Waals surface area contributed by atoms with Crippen molar-refractivity contribution in [3.8, 4) is 11.4 Å². The lowest BCUT2D eigenvalue weighted by molar-refractivity contribution is 0.120. The van der Waals surface area contributed by atoms with Crippen LogP contribution in [0.15, 0.2) is 29.0 Å². The molecule has 0 unspecified atom stereocenters. The van der Waals surface area contributed by atoms with Gasteiger partial charge in [0.25, 0.3) is 0 Å². The lowest BCUT2D eigenvalue weighted by Crippen LogP contribution is -2.46. The van der Waals surface area contributed by atoms with E-state index in [2.05, 4.69) is 20.0 Å². The molecular formula is C17H22N6O2. The molecule has 8 heteroatoms. The van der Waals surface area contributed by atoms with E-state index in [1.165, 1.54) is 0 Å². The Morgan fingerprint density at radius 1 is 1.24 bits per heavy atom. The first-order valence-corrected chi connectivity index (χ1v) is 8.68. The molecule has 2 amide bonds. The smallest absolute Gasteiger partial charge is 0.320 e. The number of pyridine rings is 1. The number of likely N-dealkylation sites (N-methyl/N-ethyl adjacent to an activating group) is 1. The second-order valence-corrected chi connectivity index (χ2v) is 6.66. The maximum Gasteiger partial charge on any atom is 0.320 e. The van der Waals surface area contributed by atoms with Gasteiger partial charge in [0.1, 0.15) is 0 Å². The van der Waals surface area contributed by atoms with Crippen LogP contribution >= 0.6 is 0 Å². The van der Waals surface area contributed by atoms with Crippen LogP contribution in [0.4, 0.5) is 4.79 Å². The third-order valence-electron chi connectivity index (χ3n) is 4.99. The number of aromatic nitrogens is 3. The fraction of sp³-hybridized carbons (Fsp3) is 0.529. The maximum atomic E-state index is 12.1. The van der Waals surface area contributed by atoms with Crippen molar-refractivity contribution < 1.29 is 9.32 Å². The van der Waals surface area contributed by atoms with Gasteiger partial charge in [0, 0.05) is 57.2 Å². The van der Waals surface area contributed by atoms with Crippen LogP contribution < -0.4 is 0 Å². The van der Waals surface area contributed by atoms with E-state index in [9.17, 15) is 4.79 Å². The number of rotatable bonds is 4. The van der Waals surface area contributed by atoms with E-state index in [1.54, 1.807) is 17.3 Å². The zero-order valence-corrected chi connectivity index (χ0v) is 14.3. The Labute approximate surface area is 146 Å². The van der Waals surface area contributed by atoms with Crippen molar-refractivity contribution >= 4 is 6.03 Å². The van der Waals surface area contributed by atoms with Gasteiger partial charge in [0.05, 0.1) is 6.54 Å². The number of carbonyl (C=O) groups is 1. The molecule has 0 aliphatic carbocycles. The SMILES string of the molecule is CN1CCN(C2CCN(Cc3nc(-c4cccnc4)no3)CC2)C1=O. The zero-order valence-electron chi connectivity index (χ0n) is 14.3. The molecule has 0 N–H and O–H groups in total. The summed E-state index contributed by atoms with van der Waals surface area (Å²) in [7, 11) is 1.87. The zero-order chi connectivity index (χ0) is 17.2. The van der Waals surface area contributed by atoms with E-state index >= 15 is 0 Å². The first kappa shape index (κ1) is 16.0. The van der Waals surface area contributed by atoms with E-state index in [-0.39, 0.29) is 6.03 Å². The highest BCUT2D eigenvalue weighted by Crippen LogP contribution is 2.22. The molecule has 0 spiro atoms. The van der Waals surface area contributed by atoms with Crippen molar-refractivity contribution in [2.24, 2.45) is 0 Å². The van der Waals surface area contributed by atoms with Gasteiger partial charge in [0.2, 0.25) is 11.7 Å². The van der Waals surface area contributed by atoms with E-state index in [1.807, 2.05) is 24.1 Å². The summed E-state index contributed by atoms with van der Waals surface area (Å²) in [6, 6.07) is 4.28. The Balaban J connectivity index is 1.32. The van der Waals surface area contributed by atoms with Crippen molar-refractivity contribution in [2.75, 3.05) is 33.2 Å². The third-order valence-corrected chi connectivity index (χ3v) is 4.99. The number of hydrogen-bond donors (Lipinski definition) is 0. The number of urea groups is 1. The molecule has 2 aromatic heterocycles. The molecule has 0 atom stereocenters. The molecule has 8 nitrogen and oxygen atoms in total. The van der Waals surface area contributed by atoms with Gasteiger partial charge in [-0.3, -0.25) is 9.88 Å². The summed E-state index contributed by atoms with van der Waals surface area (Å²) in [6.45, 7) is 4.19. The fourth-order valence-electron chi connectivity index (χ4n) is 3.52. The van der Waals surface area contributed by atoms with Gasteiger partial charge in [0.15, 0.2) is 0 Å². The van der Waals surface area contributed by atoms with Gasteiger partial charge in [-0.05, 0) is 25.0 Å². The van der Waals surface area contributed by atoms with E-state index < -0.39 is 0 Å². The minimum absolute atomic E-state index is 0.163. The molecule has 4 heterocycles. The van der Waals surface area contributed by atoms with Crippen LogP contribution in [-0.2, 0) is 6.54 Å². The van der Waals surface area contributed by atoms with Crippen LogP contribution in [0.25, 0.3) is 11.4 Å². The molecule has 2 aromatic rings. The Morgan fingerprint density at radius 2 is 2.08 bits per heavy atom. The number of likely N-dealkylation sites (tertiary alicyclic amines) is 1. The summed E-state index contributed by atoms with van der Waals surface area (Å²) in [5.41, 5.74) is 0.855. The molecule has 4 rings (SSSR count). The number of nitrogens with zero attached hydrogens (tertiary/aromatic N) is 6. The topological polar surface area (TPSA) is 78.6 Å². The average molecular weight is 342 g/mol. The van der Waals surface area contributed by atoms with Crippen molar-refractivity contribution in [3.05, 3.63) is 30.4 Å². The summed E-state index contributed by atoms with van der Waals surface area (Å²) in [4.78, 5) is 26.8. The Kier molecular flexibility index (Phi) is 4.35. The minimum atomic E-state index is 0.163. The highest BCUT2D eigenvalue weighted by Gasteiger charge is 2.33. The Hall–Kier alpha value is -2.48. The van der Waals surface area contributed by atoms with Gasteiger partial charge in [-0.2, -0.15) is 4.98 Å². The summed E-state index contributed by atoms with van der Waals surface area (Å²) >= 11 is 0. The second-order valence-electron chi connectivity index (χ2n) is 6.66. The predicted octanol–water partition coefficient (Wildman–Crippen LogP) is 1.46. The molecule has 2 aliphatic rings. The standard InChI is InChI=1S/C17H22N6O2/c1-21-9-10-23(17(21)24)14-4-7-22(8-5-14)12-15-19-16(20-25-15)13-3-2-6-18-11-13/h2-3,6,11,14H,4-5,7-10,12H2,1H3. The first-order valence-electron chi connectivity index (χ1n) is 8.68. The Bertz CT molecular complexity index is 726. The summed E-state index contributed by atoms with van der Waals surface area (Å²) in [6.07, 6.45) is 5.42. The molecule has 132 valence electrons. The molecular weight excluding hydrogens is 320 g/mol. The van der Waals surface area contributed by atoms with Gasteiger partial charge >= 0.3 is 6.03 Å². The molecule has 2 aliphatic heterocycles. The van der Waals surface area contributed by atoms with Gasteiger partial charge < -0.3 is 14.3 Å². The number of carbonyl (C=O) groups excluding carboxylic acids is 1. The highest BCUT2D eigenvalue weighted by molar-refractivity contribution is 5.76. The lowest BCUT2D eigenvalue weighted by atomic mass is 10.0. The van der Waals surface area contributed by atoms with Crippen molar-refractivity contribution in [1.29, 1.82) is 0 Å². The summed E-state index contributed by atoms with van der Waals surface area (Å²) in [5, 5.41) is 4.04. The molecule has 0 radical (unpaired) electrons. The molecule has 2 fully saturated rings. The monoisotopic (exact) mass is 342 g/mol. The first-order chi connectivity index (χ1) is 12.2. The number of piperidine rings is 1. The van der Waals surface area contributed by atoms with E-state index in [0.717, 1.165) is 44.6 Å². The molecule has 2 saturated heterocycles. The van der Waals surface area contributed by atoms with Gasteiger partial charge in [-0.1, -0.05) is 5.16 Å². The number of amides is 2. The minimum Gasteiger partial charge on any atom is -0.338 e. The molecule has 25 heavy (non-hydrogen) atoms. The maximum absolute atomic E-state index is 12.1. The quantitative estimate of drug-likeness (QED) is 0.837. The second kappa shape index (κ2) is 6.79. The van der Waals surface area contributed by atoms with Crippen LogP contribution in [0, 0.1) is 0 Å². The van der Waals surface area contributed by atoms with Crippen LogP contribution in [0.2, 0.25) is 0 Å². The van der Waals surface area contributed by atoms with Crippen LogP contribution in [-0.4, -0.2) is 75.1 Å². The van der Waals surface area contributed by atoms with E-state index in [4.69, 9.17) is 4.52 Å². The van der Waals surface area contributed by atoms with Crippen LogP contribution in [0.3, 0.4) is 0 Å². The third kappa shape index (κ3) is 3.34.